The molecule has 2 aromatic carbocycles. The number of aromatic nitrogens is 2. The SMILES string of the molecule is CCc1ccc(-n2nc(-c3cc(OC)c(OC)c(OC)c3)c3c2NCCCC3)cc1. The largest absolute Gasteiger partial charge is 0.493 e. The fraction of sp³-hybridized carbons (Fsp3) is 0.375. The van der Waals surface area contributed by atoms with E-state index >= 15 is 0 Å². The highest BCUT2D eigenvalue weighted by molar-refractivity contribution is 5.75. The van der Waals surface area contributed by atoms with Gasteiger partial charge in [0, 0.05) is 17.7 Å². The maximum atomic E-state index is 5.57. The number of anilines is 1. The second-order valence-electron chi connectivity index (χ2n) is 7.41. The third-order valence-corrected chi connectivity index (χ3v) is 5.66. The number of benzene rings is 2. The lowest BCUT2D eigenvalue weighted by molar-refractivity contribution is 0.324. The monoisotopic (exact) mass is 407 g/mol. The molecule has 2 heterocycles. The van der Waals surface area contributed by atoms with Gasteiger partial charge in [-0.15, -0.1) is 0 Å². The van der Waals surface area contributed by atoms with Crippen LogP contribution in [0.5, 0.6) is 17.2 Å². The van der Waals surface area contributed by atoms with E-state index in [0.717, 1.165) is 55.0 Å². The van der Waals surface area contributed by atoms with E-state index in [4.69, 9.17) is 19.3 Å². The fourth-order valence-electron chi connectivity index (χ4n) is 4.01. The van der Waals surface area contributed by atoms with Crippen LogP contribution in [-0.2, 0) is 12.8 Å². The van der Waals surface area contributed by atoms with Crippen molar-refractivity contribution in [1.82, 2.24) is 9.78 Å². The van der Waals surface area contributed by atoms with E-state index in [2.05, 4.69) is 36.5 Å². The molecule has 0 spiro atoms. The van der Waals surface area contributed by atoms with E-state index in [1.54, 1.807) is 21.3 Å². The zero-order valence-corrected chi connectivity index (χ0v) is 18.1. The number of hydrogen-bond donors (Lipinski definition) is 1. The quantitative estimate of drug-likeness (QED) is 0.631. The molecule has 0 atom stereocenters. The van der Waals surface area contributed by atoms with Crippen LogP contribution in [-0.4, -0.2) is 37.7 Å². The van der Waals surface area contributed by atoms with Crippen LogP contribution in [0.25, 0.3) is 16.9 Å². The molecule has 1 aromatic heterocycles. The highest BCUT2D eigenvalue weighted by Gasteiger charge is 2.24. The molecule has 0 amide bonds. The normalized spacial score (nSPS) is 13.2. The molecule has 1 aliphatic heterocycles. The predicted octanol–water partition coefficient (Wildman–Crippen LogP) is 4.88. The molecule has 6 heteroatoms. The Kier molecular flexibility index (Phi) is 5.84. The van der Waals surface area contributed by atoms with Gasteiger partial charge in [0.2, 0.25) is 5.75 Å². The van der Waals surface area contributed by atoms with E-state index in [1.165, 1.54) is 11.1 Å². The molecule has 0 saturated heterocycles. The topological polar surface area (TPSA) is 57.5 Å². The van der Waals surface area contributed by atoms with Gasteiger partial charge >= 0.3 is 0 Å². The first kappa shape index (κ1) is 20.1. The Hall–Kier alpha value is -3.15. The average molecular weight is 408 g/mol. The molecular formula is C24H29N3O3. The van der Waals surface area contributed by atoms with Crippen LogP contribution in [0.2, 0.25) is 0 Å². The summed E-state index contributed by atoms with van der Waals surface area (Å²) in [6, 6.07) is 12.5. The highest BCUT2D eigenvalue weighted by atomic mass is 16.5. The van der Waals surface area contributed by atoms with Gasteiger partial charge in [0.05, 0.1) is 32.7 Å². The summed E-state index contributed by atoms with van der Waals surface area (Å²) in [5, 5.41) is 8.64. The zero-order chi connectivity index (χ0) is 21.1. The van der Waals surface area contributed by atoms with Crippen LogP contribution in [0.4, 0.5) is 5.82 Å². The Morgan fingerprint density at radius 1 is 0.967 bits per heavy atom. The number of aryl methyl sites for hydroxylation is 1. The molecule has 4 rings (SSSR count). The van der Waals surface area contributed by atoms with Gasteiger partial charge in [-0.2, -0.15) is 5.10 Å². The maximum absolute atomic E-state index is 5.57. The molecule has 1 aliphatic rings. The summed E-state index contributed by atoms with van der Waals surface area (Å²) in [4.78, 5) is 0. The van der Waals surface area contributed by atoms with Gasteiger partial charge in [0.25, 0.3) is 0 Å². The summed E-state index contributed by atoms with van der Waals surface area (Å²) in [7, 11) is 4.89. The number of fused-ring (bicyclic) bond motifs is 1. The minimum Gasteiger partial charge on any atom is -0.493 e. The summed E-state index contributed by atoms with van der Waals surface area (Å²) < 4.78 is 18.7. The second kappa shape index (κ2) is 8.69. The molecule has 3 aromatic rings. The molecule has 0 fully saturated rings. The van der Waals surface area contributed by atoms with Crippen LogP contribution in [0.15, 0.2) is 36.4 Å². The number of hydrogen-bond acceptors (Lipinski definition) is 5. The zero-order valence-electron chi connectivity index (χ0n) is 18.1. The van der Waals surface area contributed by atoms with Crippen LogP contribution in [0.3, 0.4) is 0 Å². The molecule has 1 N–H and O–H groups in total. The highest BCUT2D eigenvalue weighted by Crippen LogP contribution is 2.43. The first-order valence-electron chi connectivity index (χ1n) is 10.5. The second-order valence-corrected chi connectivity index (χ2v) is 7.41. The van der Waals surface area contributed by atoms with Gasteiger partial charge in [-0.1, -0.05) is 19.1 Å². The third-order valence-electron chi connectivity index (χ3n) is 5.66. The number of rotatable bonds is 6. The standard InChI is InChI=1S/C24H29N3O3/c1-5-16-9-11-18(12-10-16)27-24-19(8-6-7-13-25-24)22(26-27)17-14-20(28-2)23(30-4)21(15-17)29-3/h9-12,14-15,25H,5-8,13H2,1-4H3. The predicted molar refractivity (Wildman–Crippen MR) is 119 cm³/mol. The van der Waals surface area contributed by atoms with Crippen molar-refractivity contribution in [2.24, 2.45) is 0 Å². The van der Waals surface area contributed by atoms with Crippen molar-refractivity contribution in [3.8, 4) is 34.2 Å². The van der Waals surface area contributed by atoms with Crippen molar-refractivity contribution in [2.45, 2.75) is 32.6 Å². The Balaban J connectivity index is 1.89. The smallest absolute Gasteiger partial charge is 0.203 e. The molecule has 0 aliphatic carbocycles. The van der Waals surface area contributed by atoms with Crippen LogP contribution < -0.4 is 19.5 Å². The summed E-state index contributed by atoms with van der Waals surface area (Å²) in [6.45, 7) is 3.11. The van der Waals surface area contributed by atoms with E-state index in [1.807, 2.05) is 16.8 Å². The maximum Gasteiger partial charge on any atom is 0.203 e. The lowest BCUT2D eigenvalue weighted by Crippen LogP contribution is -2.07. The van der Waals surface area contributed by atoms with Gasteiger partial charge in [0.1, 0.15) is 5.82 Å². The minimum absolute atomic E-state index is 0.586. The Bertz CT molecular complexity index is 1000. The lowest BCUT2D eigenvalue weighted by Gasteiger charge is -2.14. The molecule has 0 saturated carbocycles. The van der Waals surface area contributed by atoms with E-state index in [0.29, 0.717) is 17.2 Å². The summed E-state index contributed by atoms with van der Waals surface area (Å²) in [5.74, 6) is 2.91. The Morgan fingerprint density at radius 2 is 1.67 bits per heavy atom. The number of nitrogens with zero attached hydrogens (tertiary/aromatic N) is 2. The van der Waals surface area contributed by atoms with Crippen molar-refractivity contribution in [2.75, 3.05) is 33.2 Å². The average Bonchev–Trinajstić information content (AvgIpc) is 2.98. The van der Waals surface area contributed by atoms with Crippen molar-refractivity contribution < 1.29 is 14.2 Å². The Morgan fingerprint density at radius 3 is 2.27 bits per heavy atom. The molecule has 0 radical (unpaired) electrons. The Labute approximate surface area is 177 Å². The lowest BCUT2D eigenvalue weighted by atomic mass is 10.0. The van der Waals surface area contributed by atoms with Crippen molar-refractivity contribution in [1.29, 1.82) is 0 Å². The number of ether oxygens (including phenoxy) is 3. The fourth-order valence-corrected chi connectivity index (χ4v) is 4.01. The minimum atomic E-state index is 0.586. The summed E-state index contributed by atoms with van der Waals surface area (Å²) in [5.41, 5.74) is 5.49. The van der Waals surface area contributed by atoms with E-state index in [9.17, 15) is 0 Å². The van der Waals surface area contributed by atoms with Crippen LogP contribution in [0, 0.1) is 0 Å². The first-order valence-corrected chi connectivity index (χ1v) is 10.5. The van der Waals surface area contributed by atoms with Crippen LogP contribution >= 0.6 is 0 Å². The van der Waals surface area contributed by atoms with Crippen molar-refractivity contribution in [3.05, 3.63) is 47.5 Å². The van der Waals surface area contributed by atoms with Gasteiger partial charge in [-0.05, 0) is 55.5 Å². The van der Waals surface area contributed by atoms with Gasteiger partial charge < -0.3 is 19.5 Å². The molecule has 0 bridgehead atoms. The number of methoxy groups -OCH3 is 3. The van der Waals surface area contributed by atoms with Crippen molar-refractivity contribution >= 4 is 5.82 Å². The molecule has 0 unspecified atom stereocenters. The summed E-state index contributed by atoms with van der Waals surface area (Å²) in [6.07, 6.45) is 4.25. The van der Waals surface area contributed by atoms with Gasteiger partial charge in [-0.25, -0.2) is 4.68 Å². The number of nitrogens with one attached hydrogen (secondary N) is 1. The van der Waals surface area contributed by atoms with Crippen molar-refractivity contribution in [3.63, 3.8) is 0 Å². The molecule has 158 valence electrons. The van der Waals surface area contributed by atoms with E-state index < -0.39 is 0 Å². The summed E-state index contributed by atoms with van der Waals surface area (Å²) >= 11 is 0. The third kappa shape index (κ3) is 3.58. The molecule has 6 nitrogen and oxygen atoms in total. The van der Waals surface area contributed by atoms with Gasteiger partial charge in [0.15, 0.2) is 11.5 Å². The molecule has 30 heavy (non-hydrogen) atoms. The first-order chi connectivity index (χ1) is 14.7. The van der Waals surface area contributed by atoms with E-state index in [-0.39, 0.29) is 0 Å². The van der Waals surface area contributed by atoms with Gasteiger partial charge in [-0.3, -0.25) is 0 Å². The molecular weight excluding hydrogens is 378 g/mol. The van der Waals surface area contributed by atoms with Crippen LogP contribution in [0.1, 0.15) is 30.9 Å².